The molecule has 0 unspecified atom stereocenters. The van der Waals surface area contributed by atoms with Crippen molar-refractivity contribution in [2.75, 3.05) is 12.1 Å². The maximum absolute atomic E-state index is 13.0. The number of carbonyl (C=O) groups excluding carboxylic acids is 3. The van der Waals surface area contributed by atoms with Gasteiger partial charge in [-0.25, -0.2) is 0 Å². The highest BCUT2D eigenvalue weighted by molar-refractivity contribution is 6.30. The van der Waals surface area contributed by atoms with Crippen molar-refractivity contribution in [3.63, 3.8) is 0 Å². The van der Waals surface area contributed by atoms with Crippen molar-refractivity contribution < 1.29 is 23.9 Å². The predicted octanol–water partition coefficient (Wildman–Crippen LogP) is 3.84. The zero-order valence-corrected chi connectivity index (χ0v) is 15.7. The van der Waals surface area contributed by atoms with E-state index in [1.807, 2.05) is 0 Å². The Kier molecular flexibility index (Phi) is 4.17. The first-order chi connectivity index (χ1) is 14.6. The summed E-state index contributed by atoms with van der Waals surface area (Å²) in [4.78, 5) is 38.3. The molecule has 0 radical (unpaired) electrons. The van der Waals surface area contributed by atoms with Gasteiger partial charge in [0, 0.05) is 22.8 Å². The molecule has 3 aromatic rings. The number of hydrogen-bond donors (Lipinski definition) is 1. The molecule has 0 fully saturated rings. The number of fused-ring (bicyclic) bond motifs is 3. The molecule has 0 saturated heterocycles. The van der Waals surface area contributed by atoms with Gasteiger partial charge in [0.1, 0.15) is 0 Å². The highest BCUT2D eigenvalue weighted by Crippen LogP contribution is 2.33. The lowest BCUT2D eigenvalue weighted by Crippen LogP contribution is -2.23. The van der Waals surface area contributed by atoms with Gasteiger partial charge in [-0.05, 0) is 29.8 Å². The second-order valence-corrected chi connectivity index (χ2v) is 6.87. The van der Waals surface area contributed by atoms with Gasteiger partial charge in [0.2, 0.25) is 12.7 Å². The van der Waals surface area contributed by atoms with E-state index in [2.05, 4.69) is 5.32 Å². The van der Waals surface area contributed by atoms with E-state index in [1.165, 1.54) is 6.08 Å². The van der Waals surface area contributed by atoms with Crippen LogP contribution in [0.15, 0.2) is 66.7 Å². The molecule has 1 N–H and O–H groups in total. The summed E-state index contributed by atoms with van der Waals surface area (Å²) in [5, 5.41) is 2.72. The van der Waals surface area contributed by atoms with Crippen LogP contribution in [0.2, 0.25) is 0 Å². The Balaban J connectivity index is 1.41. The van der Waals surface area contributed by atoms with E-state index in [0.717, 1.165) is 5.56 Å². The summed E-state index contributed by atoms with van der Waals surface area (Å²) in [6.45, 7) is 0.179. The molecule has 146 valence electrons. The van der Waals surface area contributed by atoms with Gasteiger partial charge < -0.3 is 14.8 Å². The number of anilines is 1. The van der Waals surface area contributed by atoms with Crippen LogP contribution in [0, 0.1) is 0 Å². The average molecular weight is 397 g/mol. The van der Waals surface area contributed by atoms with Crippen molar-refractivity contribution in [3.05, 3.63) is 94.6 Å². The average Bonchev–Trinajstić information content (AvgIpc) is 3.24. The summed E-state index contributed by atoms with van der Waals surface area (Å²) in [7, 11) is 0. The summed E-state index contributed by atoms with van der Waals surface area (Å²) in [5.41, 5.74) is 2.29. The van der Waals surface area contributed by atoms with Crippen LogP contribution in [0.4, 0.5) is 5.69 Å². The van der Waals surface area contributed by atoms with E-state index in [1.54, 1.807) is 66.7 Å². The van der Waals surface area contributed by atoms with E-state index in [9.17, 15) is 14.4 Å². The predicted molar refractivity (Wildman–Crippen MR) is 110 cm³/mol. The van der Waals surface area contributed by atoms with Gasteiger partial charge in [-0.2, -0.15) is 0 Å². The number of hydrogen-bond acceptors (Lipinski definition) is 5. The first-order valence-electron chi connectivity index (χ1n) is 9.32. The third-order valence-corrected chi connectivity index (χ3v) is 5.03. The Labute approximate surface area is 171 Å². The van der Waals surface area contributed by atoms with Crippen molar-refractivity contribution in [1.82, 2.24) is 0 Å². The van der Waals surface area contributed by atoms with Crippen LogP contribution in [0.25, 0.3) is 6.08 Å². The first-order valence-corrected chi connectivity index (χ1v) is 9.32. The topological polar surface area (TPSA) is 81.7 Å². The summed E-state index contributed by atoms with van der Waals surface area (Å²) in [5.74, 6) is 0.358. The van der Waals surface area contributed by atoms with Gasteiger partial charge in [-0.1, -0.05) is 42.5 Å². The molecule has 0 atom stereocenters. The molecule has 5 rings (SSSR count). The van der Waals surface area contributed by atoms with Crippen molar-refractivity contribution in [2.45, 2.75) is 0 Å². The highest BCUT2D eigenvalue weighted by Gasteiger charge is 2.31. The first kappa shape index (κ1) is 17.9. The molecule has 6 heteroatoms. The van der Waals surface area contributed by atoms with Gasteiger partial charge in [-0.15, -0.1) is 0 Å². The monoisotopic (exact) mass is 397 g/mol. The molecule has 1 aliphatic carbocycles. The van der Waals surface area contributed by atoms with Gasteiger partial charge >= 0.3 is 0 Å². The molecule has 0 spiro atoms. The van der Waals surface area contributed by atoms with Crippen LogP contribution in [0.1, 0.15) is 37.4 Å². The Morgan fingerprint density at radius 3 is 2.40 bits per heavy atom. The van der Waals surface area contributed by atoms with Crippen molar-refractivity contribution in [1.29, 1.82) is 0 Å². The smallest absolute Gasteiger partial charge is 0.248 e. The number of amides is 1. The second-order valence-electron chi connectivity index (χ2n) is 6.87. The molecule has 30 heavy (non-hydrogen) atoms. The molecular formula is C24H15NO5. The fourth-order valence-electron chi connectivity index (χ4n) is 3.61. The maximum Gasteiger partial charge on any atom is 0.248 e. The summed E-state index contributed by atoms with van der Waals surface area (Å²) in [6.07, 6.45) is 2.99. The van der Waals surface area contributed by atoms with Crippen LogP contribution in [-0.2, 0) is 4.79 Å². The third-order valence-electron chi connectivity index (χ3n) is 5.03. The summed E-state index contributed by atoms with van der Waals surface area (Å²) >= 11 is 0. The van der Waals surface area contributed by atoms with Crippen LogP contribution in [-0.4, -0.2) is 24.3 Å². The number of carbonyl (C=O) groups is 3. The Morgan fingerprint density at radius 1 is 0.833 bits per heavy atom. The minimum Gasteiger partial charge on any atom is -0.454 e. The van der Waals surface area contributed by atoms with E-state index in [-0.39, 0.29) is 29.5 Å². The Morgan fingerprint density at radius 2 is 1.57 bits per heavy atom. The van der Waals surface area contributed by atoms with E-state index < -0.39 is 5.91 Å². The van der Waals surface area contributed by atoms with Crippen LogP contribution >= 0.6 is 0 Å². The number of benzene rings is 3. The minimum atomic E-state index is -0.417. The SMILES string of the molecule is O=C(/C=C\c1ccc2c(c1)OCO2)Nc1cccc2c1C(=O)c1ccccc1C2=O. The number of rotatable bonds is 3. The lowest BCUT2D eigenvalue weighted by molar-refractivity contribution is -0.111. The zero-order chi connectivity index (χ0) is 20.7. The van der Waals surface area contributed by atoms with Crippen LogP contribution in [0.3, 0.4) is 0 Å². The largest absolute Gasteiger partial charge is 0.454 e. The summed E-state index contributed by atoms with van der Waals surface area (Å²) < 4.78 is 10.6. The van der Waals surface area contributed by atoms with Gasteiger partial charge in [-0.3, -0.25) is 14.4 Å². The lowest BCUT2D eigenvalue weighted by atomic mass is 9.83. The molecule has 2 aliphatic rings. The maximum atomic E-state index is 13.0. The van der Waals surface area contributed by atoms with Crippen molar-refractivity contribution in [2.24, 2.45) is 0 Å². The van der Waals surface area contributed by atoms with Crippen molar-refractivity contribution in [3.8, 4) is 11.5 Å². The molecule has 6 nitrogen and oxygen atoms in total. The second kappa shape index (κ2) is 7.00. The van der Waals surface area contributed by atoms with Gasteiger partial charge in [0.05, 0.1) is 11.3 Å². The molecule has 3 aromatic carbocycles. The minimum absolute atomic E-state index is 0.179. The number of ketones is 2. The van der Waals surface area contributed by atoms with Gasteiger partial charge in [0.15, 0.2) is 23.1 Å². The number of ether oxygens (including phenoxy) is 2. The third kappa shape index (κ3) is 2.95. The quantitative estimate of drug-likeness (QED) is 0.531. The molecule has 1 aliphatic heterocycles. The zero-order valence-electron chi connectivity index (χ0n) is 15.7. The van der Waals surface area contributed by atoms with E-state index in [4.69, 9.17) is 9.47 Å². The standard InChI is InChI=1S/C24H15NO5/c26-21(11-9-14-8-10-19-20(12-14)30-13-29-19)25-18-7-3-6-17-22(18)24(28)16-5-2-1-4-15(16)23(17)27/h1-12H,13H2,(H,25,26)/b11-9-. The van der Waals surface area contributed by atoms with E-state index >= 15 is 0 Å². The fraction of sp³-hybridized carbons (Fsp3) is 0.0417. The van der Waals surface area contributed by atoms with E-state index in [0.29, 0.717) is 28.3 Å². The molecule has 0 bridgehead atoms. The molecular weight excluding hydrogens is 382 g/mol. The Hall–Kier alpha value is -4.19. The van der Waals surface area contributed by atoms with Gasteiger partial charge in [0.25, 0.3) is 0 Å². The summed E-state index contributed by atoms with van der Waals surface area (Å²) in [6, 6.07) is 16.9. The van der Waals surface area contributed by atoms with Crippen LogP contribution in [0.5, 0.6) is 11.5 Å². The normalized spacial score (nSPS) is 13.9. The fourth-order valence-corrected chi connectivity index (χ4v) is 3.61. The molecule has 0 aromatic heterocycles. The van der Waals surface area contributed by atoms with Crippen molar-refractivity contribution >= 4 is 29.2 Å². The molecule has 0 saturated carbocycles. The highest BCUT2D eigenvalue weighted by atomic mass is 16.7. The van der Waals surface area contributed by atoms with Crippen LogP contribution < -0.4 is 14.8 Å². The molecule has 1 heterocycles. The number of nitrogens with one attached hydrogen (secondary N) is 1. The Bertz CT molecular complexity index is 1260. The lowest BCUT2D eigenvalue weighted by Gasteiger charge is -2.20. The molecule has 1 amide bonds.